The van der Waals surface area contributed by atoms with Gasteiger partial charge >= 0.3 is 0 Å². The normalized spacial score (nSPS) is 10.2. The Morgan fingerprint density at radius 2 is 1.57 bits per heavy atom. The second-order valence-electron chi connectivity index (χ2n) is 5.67. The molecule has 4 N–H and O–H groups in total. The average molecular weight is 358 g/mol. The molecule has 2 aromatic rings. The van der Waals surface area contributed by atoms with Gasteiger partial charge in [-0.15, -0.1) is 24.8 Å². The van der Waals surface area contributed by atoms with Crippen LogP contribution in [-0.2, 0) is 12.8 Å². The number of hydrogen-bond acceptors (Lipinski definition) is 3. The molecular weight excluding hydrogens is 329 g/mol. The van der Waals surface area contributed by atoms with Gasteiger partial charge < -0.3 is 11.5 Å². The van der Waals surface area contributed by atoms with E-state index in [2.05, 4.69) is 24.0 Å². The van der Waals surface area contributed by atoms with E-state index >= 15 is 0 Å². The number of unbranched alkanes of at least 4 members (excludes halogenated alkanes) is 3. The highest BCUT2D eigenvalue weighted by atomic mass is 35.5. The average Bonchev–Trinajstić information content (AvgIpc) is 2.49. The van der Waals surface area contributed by atoms with Gasteiger partial charge in [-0.1, -0.05) is 38.0 Å². The smallest absolute Gasteiger partial charge is 0.127 e. The van der Waals surface area contributed by atoms with Gasteiger partial charge in [-0.05, 0) is 55.8 Å². The Balaban J connectivity index is 0.00000242. The molecule has 130 valence electrons. The molecule has 0 radical (unpaired) electrons. The van der Waals surface area contributed by atoms with Gasteiger partial charge in [-0.25, -0.2) is 4.98 Å². The molecule has 0 atom stereocenters. The summed E-state index contributed by atoms with van der Waals surface area (Å²) in [4.78, 5) is 4.60. The Labute approximate surface area is 152 Å². The quantitative estimate of drug-likeness (QED) is 0.674. The highest BCUT2D eigenvalue weighted by Gasteiger charge is 2.12. The third-order valence-corrected chi connectivity index (χ3v) is 4.05. The van der Waals surface area contributed by atoms with Gasteiger partial charge in [-0.2, -0.15) is 0 Å². The summed E-state index contributed by atoms with van der Waals surface area (Å²) in [6.45, 7) is 2.98. The Bertz CT molecular complexity index is 588. The highest BCUT2D eigenvalue weighted by Crippen LogP contribution is 2.28. The molecule has 0 aliphatic rings. The minimum absolute atomic E-state index is 0. The number of benzene rings is 1. The van der Waals surface area contributed by atoms with E-state index in [0.717, 1.165) is 37.7 Å². The topological polar surface area (TPSA) is 64.9 Å². The predicted octanol–water partition coefficient (Wildman–Crippen LogP) is 4.67. The van der Waals surface area contributed by atoms with Gasteiger partial charge in [0.25, 0.3) is 0 Å². The summed E-state index contributed by atoms with van der Waals surface area (Å²) >= 11 is 0. The van der Waals surface area contributed by atoms with Crippen LogP contribution in [0, 0.1) is 0 Å². The summed E-state index contributed by atoms with van der Waals surface area (Å²) in [5.41, 5.74) is 15.5. The van der Waals surface area contributed by atoms with Crippen LogP contribution in [0.25, 0.3) is 10.9 Å². The highest BCUT2D eigenvalue weighted by molar-refractivity contribution is 5.86. The molecule has 0 unspecified atom stereocenters. The first-order valence-electron chi connectivity index (χ1n) is 8.14. The monoisotopic (exact) mass is 357 g/mol. The molecular formula is C18H29Cl2N3. The fourth-order valence-electron chi connectivity index (χ4n) is 2.90. The summed E-state index contributed by atoms with van der Waals surface area (Å²) in [5, 5.41) is 1.26. The van der Waals surface area contributed by atoms with Gasteiger partial charge in [0.2, 0.25) is 0 Å². The third-order valence-electron chi connectivity index (χ3n) is 4.05. The number of halogens is 2. The van der Waals surface area contributed by atoms with E-state index in [9.17, 15) is 0 Å². The van der Waals surface area contributed by atoms with Crippen molar-refractivity contribution in [3.63, 3.8) is 0 Å². The van der Waals surface area contributed by atoms with E-state index in [1.54, 1.807) is 0 Å². The second kappa shape index (κ2) is 11.5. The fraction of sp³-hybridized carbons (Fsp3) is 0.500. The summed E-state index contributed by atoms with van der Waals surface area (Å²) < 4.78 is 0. The van der Waals surface area contributed by atoms with Crippen molar-refractivity contribution in [2.45, 2.75) is 51.9 Å². The number of pyridine rings is 1. The number of nitrogens with zero attached hydrogens (tertiary/aromatic N) is 1. The number of anilines is 1. The van der Waals surface area contributed by atoms with Crippen LogP contribution in [0.4, 0.5) is 5.82 Å². The van der Waals surface area contributed by atoms with Crippen LogP contribution in [0.1, 0.15) is 50.2 Å². The minimum atomic E-state index is 0. The second-order valence-corrected chi connectivity index (χ2v) is 5.67. The van der Waals surface area contributed by atoms with Crippen LogP contribution >= 0.6 is 24.8 Å². The lowest BCUT2D eigenvalue weighted by molar-refractivity contribution is 0.703. The lowest BCUT2D eigenvalue weighted by Gasteiger charge is -2.15. The molecule has 1 aromatic heterocycles. The van der Waals surface area contributed by atoms with E-state index < -0.39 is 0 Å². The van der Waals surface area contributed by atoms with E-state index in [1.165, 1.54) is 35.8 Å². The van der Waals surface area contributed by atoms with Crippen molar-refractivity contribution in [3.8, 4) is 0 Å². The molecule has 2 rings (SSSR count). The van der Waals surface area contributed by atoms with Crippen molar-refractivity contribution in [2.75, 3.05) is 12.3 Å². The SMILES string of the molecule is CCCCCc1c(N)nc2ccccc2c1CCCCN.Cl.Cl. The predicted molar refractivity (Wildman–Crippen MR) is 106 cm³/mol. The van der Waals surface area contributed by atoms with Gasteiger partial charge in [0.1, 0.15) is 5.82 Å². The number of aromatic nitrogens is 1. The van der Waals surface area contributed by atoms with Crippen LogP contribution in [0.2, 0.25) is 0 Å². The number of rotatable bonds is 8. The van der Waals surface area contributed by atoms with E-state index in [4.69, 9.17) is 11.5 Å². The first-order valence-corrected chi connectivity index (χ1v) is 8.14. The standard InChI is InChI=1S/C18H27N3.2ClH/c1-2-3-4-11-16-14(9-7-8-13-19)15-10-5-6-12-17(15)21-18(16)20;;/h5-6,10,12H,2-4,7-9,11,13,19H2,1H3,(H2,20,21);2*1H. The van der Waals surface area contributed by atoms with Crippen LogP contribution in [0.3, 0.4) is 0 Å². The largest absolute Gasteiger partial charge is 0.383 e. The van der Waals surface area contributed by atoms with Gasteiger partial charge in [-0.3, -0.25) is 0 Å². The maximum Gasteiger partial charge on any atom is 0.127 e. The molecule has 0 fully saturated rings. The first-order chi connectivity index (χ1) is 10.3. The van der Waals surface area contributed by atoms with Crippen molar-refractivity contribution in [2.24, 2.45) is 5.73 Å². The van der Waals surface area contributed by atoms with Crippen molar-refractivity contribution >= 4 is 41.5 Å². The summed E-state index contributed by atoms with van der Waals surface area (Å²) in [6, 6.07) is 8.33. The van der Waals surface area contributed by atoms with Crippen LogP contribution in [0.5, 0.6) is 0 Å². The Kier molecular flexibility index (Phi) is 11.0. The zero-order valence-electron chi connectivity index (χ0n) is 13.9. The first kappa shape index (κ1) is 22.0. The maximum absolute atomic E-state index is 6.24. The summed E-state index contributed by atoms with van der Waals surface area (Å²) in [7, 11) is 0. The number of nitrogens with two attached hydrogens (primary N) is 2. The minimum Gasteiger partial charge on any atom is -0.383 e. The van der Waals surface area contributed by atoms with Crippen LogP contribution in [-0.4, -0.2) is 11.5 Å². The van der Waals surface area contributed by atoms with E-state index in [1.807, 2.05) is 12.1 Å². The van der Waals surface area contributed by atoms with E-state index in [-0.39, 0.29) is 24.8 Å². The maximum atomic E-state index is 6.24. The molecule has 0 aliphatic heterocycles. The number of hydrogen-bond donors (Lipinski definition) is 2. The number of para-hydroxylation sites is 1. The molecule has 0 bridgehead atoms. The molecule has 0 spiro atoms. The lowest BCUT2D eigenvalue weighted by Crippen LogP contribution is -2.06. The molecule has 0 saturated carbocycles. The lowest BCUT2D eigenvalue weighted by atomic mass is 9.94. The molecule has 5 heteroatoms. The zero-order chi connectivity index (χ0) is 15.1. The Morgan fingerprint density at radius 1 is 0.913 bits per heavy atom. The van der Waals surface area contributed by atoms with Gasteiger partial charge in [0, 0.05) is 5.39 Å². The molecule has 0 aliphatic carbocycles. The number of nitrogen functional groups attached to an aromatic ring is 1. The zero-order valence-corrected chi connectivity index (χ0v) is 15.5. The summed E-state index contributed by atoms with van der Waals surface area (Å²) in [6.07, 6.45) is 7.92. The van der Waals surface area contributed by atoms with Gasteiger partial charge in [0.15, 0.2) is 0 Å². The van der Waals surface area contributed by atoms with Crippen molar-refractivity contribution in [1.82, 2.24) is 4.98 Å². The Hall–Kier alpha value is -1.03. The van der Waals surface area contributed by atoms with Crippen molar-refractivity contribution in [1.29, 1.82) is 0 Å². The number of aryl methyl sites for hydroxylation is 1. The molecule has 1 aromatic carbocycles. The van der Waals surface area contributed by atoms with E-state index in [0.29, 0.717) is 5.82 Å². The van der Waals surface area contributed by atoms with Gasteiger partial charge in [0.05, 0.1) is 5.52 Å². The fourth-order valence-corrected chi connectivity index (χ4v) is 2.90. The molecule has 23 heavy (non-hydrogen) atoms. The molecule has 3 nitrogen and oxygen atoms in total. The van der Waals surface area contributed by atoms with Crippen LogP contribution < -0.4 is 11.5 Å². The third kappa shape index (κ3) is 5.83. The molecule has 0 amide bonds. The van der Waals surface area contributed by atoms with Crippen molar-refractivity contribution < 1.29 is 0 Å². The number of fused-ring (bicyclic) bond motifs is 1. The molecule has 0 saturated heterocycles. The van der Waals surface area contributed by atoms with Crippen LogP contribution in [0.15, 0.2) is 24.3 Å². The molecule has 1 heterocycles. The van der Waals surface area contributed by atoms with Crippen molar-refractivity contribution in [3.05, 3.63) is 35.4 Å². The Morgan fingerprint density at radius 3 is 2.26 bits per heavy atom. The summed E-state index contributed by atoms with van der Waals surface area (Å²) in [5.74, 6) is 0.715.